The third kappa shape index (κ3) is 6.57. The van der Waals surface area contributed by atoms with Crippen molar-refractivity contribution in [2.45, 2.75) is 31.5 Å². The van der Waals surface area contributed by atoms with Gasteiger partial charge in [-0.05, 0) is 43.7 Å². The molecule has 1 unspecified atom stereocenters. The summed E-state index contributed by atoms with van der Waals surface area (Å²) in [5.74, 6) is 1.80. The summed E-state index contributed by atoms with van der Waals surface area (Å²) in [5.41, 5.74) is 2.07. The number of carbonyl (C=O) groups excluding carboxylic acids is 1. The van der Waals surface area contributed by atoms with Gasteiger partial charge in [0.2, 0.25) is 5.91 Å². The Kier molecular flexibility index (Phi) is 8.49. The lowest BCUT2D eigenvalue weighted by Crippen LogP contribution is -2.36. The second-order valence-electron chi connectivity index (χ2n) is 7.04. The largest absolute Gasteiger partial charge is 0.494 e. The van der Waals surface area contributed by atoms with Gasteiger partial charge in [-0.2, -0.15) is 0 Å². The molecule has 0 radical (unpaired) electrons. The Labute approximate surface area is 187 Å². The maximum Gasteiger partial charge on any atom is 0.230 e. The lowest BCUT2D eigenvalue weighted by Gasteiger charge is -2.13. The van der Waals surface area contributed by atoms with E-state index in [0.717, 1.165) is 22.8 Å². The van der Waals surface area contributed by atoms with Crippen LogP contribution in [0.3, 0.4) is 0 Å². The summed E-state index contributed by atoms with van der Waals surface area (Å²) >= 11 is 1.36. The number of hydrogen-bond donors (Lipinski definition) is 1. The second kappa shape index (κ2) is 11.5. The van der Waals surface area contributed by atoms with Crippen LogP contribution < -0.4 is 10.1 Å². The van der Waals surface area contributed by atoms with E-state index in [1.807, 2.05) is 60.9 Å². The minimum absolute atomic E-state index is 0.0456. The van der Waals surface area contributed by atoms with E-state index >= 15 is 0 Å². The predicted octanol–water partition coefficient (Wildman–Crippen LogP) is 3.50. The Balaban J connectivity index is 1.82. The van der Waals surface area contributed by atoms with Gasteiger partial charge in [-0.15, -0.1) is 10.2 Å². The van der Waals surface area contributed by atoms with E-state index in [4.69, 9.17) is 9.47 Å². The molecule has 0 aliphatic carbocycles. The molecule has 31 heavy (non-hydrogen) atoms. The van der Waals surface area contributed by atoms with Crippen LogP contribution in [0.15, 0.2) is 59.8 Å². The molecule has 0 bridgehead atoms. The minimum atomic E-state index is -0.0691. The Hall–Kier alpha value is -2.84. The number of hydrogen-bond acceptors (Lipinski definition) is 6. The number of ether oxygens (including phenoxy) is 2. The first-order valence-electron chi connectivity index (χ1n) is 10.2. The molecule has 0 saturated heterocycles. The van der Waals surface area contributed by atoms with Crippen molar-refractivity contribution in [1.29, 1.82) is 0 Å². The van der Waals surface area contributed by atoms with Crippen molar-refractivity contribution in [3.63, 3.8) is 0 Å². The van der Waals surface area contributed by atoms with E-state index < -0.39 is 0 Å². The number of rotatable bonds is 11. The molecule has 0 aliphatic rings. The molecule has 1 N–H and O–H groups in total. The molecule has 1 amide bonds. The molecule has 7 nitrogen and oxygen atoms in total. The van der Waals surface area contributed by atoms with Gasteiger partial charge in [0.05, 0.1) is 19.0 Å². The Bertz CT molecular complexity index is 961. The standard InChI is InChI=1S/C23H28N4O3S/c1-4-30-20-12-10-19(11-13-20)27-21(14-18-8-6-5-7-9-18)25-26-23(27)31-16-22(28)24-17(2)15-29-3/h5-13,17H,4,14-16H2,1-3H3,(H,24,28). The maximum absolute atomic E-state index is 12.3. The maximum atomic E-state index is 12.3. The number of methoxy groups -OCH3 is 1. The van der Waals surface area contributed by atoms with Gasteiger partial charge in [-0.3, -0.25) is 9.36 Å². The van der Waals surface area contributed by atoms with E-state index in [1.165, 1.54) is 11.8 Å². The molecule has 3 rings (SSSR count). The monoisotopic (exact) mass is 440 g/mol. The number of aromatic nitrogens is 3. The molecular weight excluding hydrogens is 412 g/mol. The van der Waals surface area contributed by atoms with Crippen molar-refractivity contribution in [1.82, 2.24) is 20.1 Å². The predicted molar refractivity (Wildman–Crippen MR) is 122 cm³/mol. The van der Waals surface area contributed by atoms with Crippen LogP contribution in [0.5, 0.6) is 5.75 Å². The molecule has 1 heterocycles. The van der Waals surface area contributed by atoms with Gasteiger partial charge in [-0.1, -0.05) is 42.1 Å². The van der Waals surface area contributed by atoms with Crippen molar-refractivity contribution >= 4 is 17.7 Å². The SMILES string of the molecule is CCOc1ccc(-n2c(Cc3ccccc3)nnc2SCC(=O)NC(C)COC)cc1. The van der Waals surface area contributed by atoms with Gasteiger partial charge in [0.15, 0.2) is 5.16 Å². The first kappa shape index (κ1) is 22.8. The zero-order chi connectivity index (χ0) is 22.1. The summed E-state index contributed by atoms with van der Waals surface area (Å²) in [7, 11) is 1.62. The number of benzene rings is 2. The third-order valence-electron chi connectivity index (χ3n) is 4.47. The second-order valence-corrected chi connectivity index (χ2v) is 7.98. The number of amides is 1. The van der Waals surface area contributed by atoms with Crippen molar-refractivity contribution < 1.29 is 14.3 Å². The summed E-state index contributed by atoms with van der Waals surface area (Å²) in [6, 6.07) is 17.9. The normalized spacial score (nSPS) is 11.8. The molecule has 0 saturated carbocycles. The number of nitrogens with one attached hydrogen (secondary N) is 1. The Morgan fingerprint density at radius 3 is 2.55 bits per heavy atom. The van der Waals surface area contributed by atoms with Crippen molar-refractivity contribution in [3.05, 3.63) is 66.0 Å². The number of thioether (sulfide) groups is 1. The highest BCUT2D eigenvalue weighted by Gasteiger charge is 2.17. The van der Waals surface area contributed by atoms with Crippen LogP contribution in [0, 0.1) is 0 Å². The zero-order valence-corrected chi connectivity index (χ0v) is 18.9. The van der Waals surface area contributed by atoms with Gasteiger partial charge in [0.1, 0.15) is 11.6 Å². The van der Waals surface area contributed by atoms with Crippen LogP contribution in [-0.4, -0.2) is 52.8 Å². The molecule has 1 atom stereocenters. The summed E-state index contributed by atoms with van der Waals surface area (Å²) in [4.78, 5) is 12.3. The zero-order valence-electron chi connectivity index (χ0n) is 18.1. The average Bonchev–Trinajstić information content (AvgIpc) is 3.16. The van der Waals surface area contributed by atoms with E-state index in [-0.39, 0.29) is 17.7 Å². The van der Waals surface area contributed by atoms with Crippen LogP contribution in [0.2, 0.25) is 0 Å². The molecule has 0 aliphatic heterocycles. The van der Waals surface area contributed by atoms with Crippen LogP contribution >= 0.6 is 11.8 Å². The Morgan fingerprint density at radius 1 is 1.13 bits per heavy atom. The molecule has 2 aromatic carbocycles. The van der Waals surface area contributed by atoms with E-state index in [0.29, 0.717) is 24.8 Å². The van der Waals surface area contributed by atoms with E-state index in [2.05, 4.69) is 27.6 Å². The first-order chi connectivity index (χ1) is 15.1. The summed E-state index contributed by atoms with van der Waals surface area (Å²) < 4.78 is 12.6. The highest BCUT2D eigenvalue weighted by molar-refractivity contribution is 7.99. The molecule has 1 aromatic heterocycles. The summed E-state index contributed by atoms with van der Waals surface area (Å²) in [6.07, 6.45) is 0.638. The van der Waals surface area contributed by atoms with Crippen LogP contribution in [0.25, 0.3) is 5.69 Å². The lowest BCUT2D eigenvalue weighted by molar-refractivity contribution is -0.119. The summed E-state index contributed by atoms with van der Waals surface area (Å²) in [5, 5.41) is 12.4. The van der Waals surface area contributed by atoms with E-state index in [9.17, 15) is 4.79 Å². The third-order valence-corrected chi connectivity index (χ3v) is 5.40. The molecule has 0 fully saturated rings. The smallest absolute Gasteiger partial charge is 0.230 e. The minimum Gasteiger partial charge on any atom is -0.494 e. The van der Waals surface area contributed by atoms with Crippen molar-refractivity contribution in [2.75, 3.05) is 26.1 Å². The van der Waals surface area contributed by atoms with Crippen LogP contribution in [0.1, 0.15) is 25.2 Å². The quantitative estimate of drug-likeness (QED) is 0.460. The van der Waals surface area contributed by atoms with Crippen LogP contribution in [-0.2, 0) is 16.0 Å². The fraction of sp³-hybridized carbons (Fsp3) is 0.348. The van der Waals surface area contributed by atoms with Gasteiger partial charge in [-0.25, -0.2) is 0 Å². The fourth-order valence-corrected chi connectivity index (χ4v) is 3.92. The number of nitrogens with zero attached hydrogens (tertiary/aromatic N) is 3. The molecule has 8 heteroatoms. The Morgan fingerprint density at radius 2 is 1.87 bits per heavy atom. The highest BCUT2D eigenvalue weighted by atomic mass is 32.2. The van der Waals surface area contributed by atoms with Gasteiger partial charge in [0.25, 0.3) is 0 Å². The van der Waals surface area contributed by atoms with Gasteiger partial charge < -0.3 is 14.8 Å². The van der Waals surface area contributed by atoms with Gasteiger partial charge in [0, 0.05) is 25.3 Å². The van der Waals surface area contributed by atoms with Crippen LogP contribution in [0.4, 0.5) is 0 Å². The lowest BCUT2D eigenvalue weighted by atomic mass is 10.1. The molecule has 3 aromatic rings. The van der Waals surface area contributed by atoms with Crippen molar-refractivity contribution in [2.24, 2.45) is 0 Å². The molecular formula is C23H28N4O3S. The van der Waals surface area contributed by atoms with E-state index in [1.54, 1.807) is 7.11 Å². The summed E-state index contributed by atoms with van der Waals surface area (Å²) in [6.45, 7) is 4.95. The van der Waals surface area contributed by atoms with Crippen molar-refractivity contribution in [3.8, 4) is 11.4 Å². The first-order valence-corrected chi connectivity index (χ1v) is 11.2. The fourth-order valence-electron chi connectivity index (χ4n) is 3.14. The number of carbonyl (C=O) groups is 1. The topological polar surface area (TPSA) is 78.3 Å². The highest BCUT2D eigenvalue weighted by Crippen LogP contribution is 2.25. The molecule has 0 spiro atoms. The average molecular weight is 441 g/mol. The molecule has 164 valence electrons. The van der Waals surface area contributed by atoms with Gasteiger partial charge >= 0.3 is 0 Å².